The van der Waals surface area contributed by atoms with Gasteiger partial charge in [-0.05, 0) is 67.2 Å². The molecule has 0 radical (unpaired) electrons. The minimum Gasteiger partial charge on any atom is -0.481 e. The zero-order valence-corrected chi connectivity index (χ0v) is 26.2. The van der Waals surface area contributed by atoms with Gasteiger partial charge in [0.1, 0.15) is 12.1 Å². The molecule has 42 heavy (non-hydrogen) atoms. The van der Waals surface area contributed by atoms with Crippen LogP contribution in [-0.2, 0) is 25.6 Å². The Morgan fingerprint density at radius 1 is 1.17 bits per heavy atom. The minimum atomic E-state index is -0.818. The number of esters is 1. The van der Waals surface area contributed by atoms with Crippen molar-refractivity contribution in [2.75, 3.05) is 20.3 Å². The molecule has 3 fully saturated rings. The van der Waals surface area contributed by atoms with E-state index in [1.54, 1.807) is 18.9 Å². The second kappa shape index (κ2) is 12.9. The Kier molecular flexibility index (Phi) is 9.45. The Balaban J connectivity index is 1.60. The lowest BCUT2D eigenvalue weighted by atomic mass is 9.72. The number of hydrogen-bond donors (Lipinski definition) is 1. The number of nitrogens with zero attached hydrogens (tertiary/aromatic N) is 2. The van der Waals surface area contributed by atoms with Gasteiger partial charge in [0.05, 0.1) is 19.8 Å². The van der Waals surface area contributed by atoms with Crippen molar-refractivity contribution in [3.05, 3.63) is 58.2 Å². The van der Waals surface area contributed by atoms with Gasteiger partial charge in [-0.1, -0.05) is 57.0 Å². The van der Waals surface area contributed by atoms with Crippen molar-refractivity contribution >= 4 is 23.5 Å². The molecule has 228 valence electrons. The summed E-state index contributed by atoms with van der Waals surface area (Å²) in [4.78, 5) is 34.5. The first-order valence-corrected chi connectivity index (χ1v) is 15.6. The van der Waals surface area contributed by atoms with Gasteiger partial charge < -0.3 is 24.4 Å². The molecule has 0 spiro atoms. The molecule has 9 heteroatoms. The fraction of sp³-hybridized carbons (Fsp3) is 0.606. The Labute approximate surface area is 254 Å². The van der Waals surface area contributed by atoms with Crippen LogP contribution in [0.1, 0.15) is 88.4 Å². The van der Waals surface area contributed by atoms with Crippen LogP contribution in [0.3, 0.4) is 0 Å². The number of methoxy groups -OCH3 is 1. The van der Waals surface area contributed by atoms with E-state index in [1.807, 2.05) is 30.5 Å². The number of hydrogen-bond acceptors (Lipinski definition) is 7. The normalized spacial score (nSPS) is 26.2. The number of nitrogens with one attached hydrogen (secondary N) is 1. The van der Waals surface area contributed by atoms with Crippen LogP contribution in [0.2, 0.25) is 5.02 Å². The highest BCUT2D eigenvalue weighted by Gasteiger charge is 2.59. The zero-order chi connectivity index (χ0) is 30.0. The highest BCUT2D eigenvalue weighted by Crippen LogP contribution is 2.50. The van der Waals surface area contributed by atoms with E-state index in [-0.39, 0.29) is 29.9 Å². The summed E-state index contributed by atoms with van der Waals surface area (Å²) in [5, 5.41) is 4.33. The zero-order valence-electron chi connectivity index (χ0n) is 25.4. The first-order chi connectivity index (χ1) is 20.2. The number of ether oxygens (including phenoxy) is 3. The van der Waals surface area contributed by atoms with E-state index < -0.39 is 24.2 Å². The van der Waals surface area contributed by atoms with Crippen LogP contribution in [0.25, 0.3) is 0 Å². The van der Waals surface area contributed by atoms with Crippen molar-refractivity contribution in [3.8, 4) is 5.88 Å². The van der Waals surface area contributed by atoms with Crippen LogP contribution >= 0.6 is 11.6 Å². The van der Waals surface area contributed by atoms with Crippen molar-refractivity contribution in [1.29, 1.82) is 0 Å². The number of amides is 1. The predicted molar refractivity (Wildman–Crippen MR) is 161 cm³/mol. The van der Waals surface area contributed by atoms with E-state index in [4.69, 9.17) is 25.8 Å². The van der Waals surface area contributed by atoms with Gasteiger partial charge >= 0.3 is 5.97 Å². The van der Waals surface area contributed by atoms with Gasteiger partial charge in [0.2, 0.25) is 5.88 Å². The van der Waals surface area contributed by atoms with Crippen molar-refractivity contribution < 1.29 is 23.8 Å². The smallest absolute Gasteiger partial charge is 0.329 e. The van der Waals surface area contributed by atoms with E-state index in [0.29, 0.717) is 36.4 Å². The van der Waals surface area contributed by atoms with Gasteiger partial charge in [-0.2, -0.15) is 0 Å². The van der Waals surface area contributed by atoms with Gasteiger partial charge in [0, 0.05) is 41.9 Å². The first kappa shape index (κ1) is 30.8. The summed E-state index contributed by atoms with van der Waals surface area (Å²) in [6.45, 7) is 9.33. The third kappa shape index (κ3) is 6.03. The molecule has 1 saturated carbocycles. The van der Waals surface area contributed by atoms with Crippen LogP contribution in [0.5, 0.6) is 5.88 Å². The van der Waals surface area contributed by atoms with E-state index in [2.05, 4.69) is 37.1 Å². The summed E-state index contributed by atoms with van der Waals surface area (Å²) >= 11 is 6.85. The lowest BCUT2D eigenvalue weighted by Crippen LogP contribution is -2.50. The molecule has 1 aliphatic carbocycles. The minimum absolute atomic E-state index is 0.194. The summed E-state index contributed by atoms with van der Waals surface area (Å²) in [6.07, 6.45) is 6.33. The quantitative estimate of drug-likeness (QED) is 0.364. The largest absolute Gasteiger partial charge is 0.481 e. The third-order valence-electron chi connectivity index (χ3n) is 9.12. The van der Waals surface area contributed by atoms with Gasteiger partial charge in [-0.15, -0.1) is 0 Å². The molecule has 2 saturated heterocycles. The van der Waals surface area contributed by atoms with Crippen LogP contribution in [0.15, 0.2) is 36.5 Å². The van der Waals surface area contributed by atoms with Gasteiger partial charge in [-0.25, -0.2) is 9.78 Å². The van der Waals surface area contributed by atoms with E-state index in [0.717, 1.165) is 17.5 Å². The molecule has 0 unspecified atom stereocenters. The van der Waals surface area contributed by atoms with Gasteiger partial charge in [-0.3, -0.25) is 4.79 Å². The molecule has 8 nitrogen and oxygen atoms in total. The maximum atomic E-state index is 14.3. The molecule has 1 aromatic carbocycles. The number of carbonyl (C=O) groups excluding carboxylic acids is 2. The Bertz CT molecular complexity index is 1270. The average molecular weight is 598 g/mol. The van der Waals surface area contributed by atoms with Crippen LogP contribution in [-0.4, -0.2) is 60.3 Å². The fourth-order valence-electron chi connectivity index (χ4n) is 6.94. The molecule has 3 heterocycles. The maximum Gasteiger partial charge on any atom is 0.329 e. The molecular formula is C33H44ClN3O5. The number of carbonyl (C=O) groups is 2. The molecule has 5 atom stereocenters. The molecule has 0 bridgehead atoms. The van der Waals surface area contributed by atoms with Gasteiger partial charge in [0.25, 0.3) is 5.91 Å². The standard InChI is InChI=1S/C33H44ClN3O5/c1-6-41-32(39)29-26(33(2,3)4)27(35-19-22-17-21(20-11-9-12-20)18-36-30(22)40-5)28(23-13-7-8-14-24(23)34)37(29)31(38)25-15-10-16-42-25/h7-8,13-14,17-18,20,25-29,35H,6,9-12,15-16,19H2,1-5H3/t25-,26-,27-,28-,29-/m0/s1. The fourth-order valence-corrected chi connectivity index (χ4v) is 7.19. The second-order valence-corrected chi connectivity index (χ2v) is 13.2. The maximum absolute atomic E-state index is 14.3. The summed E-state index contributed by atoms with van der Waals surface area (Å²) in [5.74, 6) is 0.201. The number of likely N-dealkylation sites (tertiary alicyclic amines) is 1. The molecule has 1 amide bonds. The van der Waals surface area contributed by atoms with Crippen LogP contribution in [0.4, 0.5) is 0 Å². The van der Waals surface area contributed by atoms with Crippen molar-refractivity contribution in [2.45, 2.75) is 96.5 Å². The highest BCUT2D eigenvalue weighted by molar-refractivity contribution is 6.31. The number of rotatable bonds is 9. The predicted octanol–water partition coefficient (Wildman–Crippen LogP) is 5.83. The average Bonchev–Trinajstić information content (AvgIpc) is 3.58. The van der Waals surface area contributed by atoms with Crippen LogP contribution < -0.4 is 10.1 Å². The number of pyridine rings is 1. The molecule has 2 aromatic rings. The van der Waals surface area contributed by atoms with E-state index in [9.17, 15) is 9.59 Å². The topological polar surface area (TPSA) is 90.0 Å². The molecule has 2 aliphatic heterocycles. The summed E-state index contributed by atoms with van der Waals surface area (Å²) < 4.78 is 17.2. The van der Waals surface area contributed by atoms with E-state index >= 15 is 0 Å². The molecule has 5 rings (SSSR count). The van der Waals surface area contributed by atoms with Crippen molar-refractivity contribution in [1.82, 2.24) is 15.2 Å². The number of halogens is 1. The SMILES string of the molecule is CCOC(=O)[C@@H]1[C@@H](C(C)(C)C)[C@H](NCc2cc(C3CCC3)cnc2OC)[C@H](c2ccccc2Cl)N1C(=O)[C@@H]1CCCO1. The number of benzene rings is 1. The lowest BCUT2D eigenvalue weighted by molar-refractivity contribution is -0.160. The summed E-state index contributed by atoms with van der Waals surface area (Å²) in [5.41, 5.74) is 2.58. The highest BCUT2D eigenvalue weighted by atomic mass is 35.5. The Hall–Kier alpha value is -2.68. The second-order valence-electron chi connectivity index (χ2n) is 12.8. The molecular weight excluding hydrogens is 554 g/mol. The first-order valence-electron chi connectivity index (χ1n) is 15.3. The molecule has 3 aliphatic rings. The van der Waals surface area contributed by atoms with Crippen molar-refractivity contribution in [2.24, 2.45) is 11.3 Å². The molecule has 1 aromatic heterocycles. The lowest BCUT2D eigenvalue weighted by Gasteiger charge is -2.36. The number of aromatic nitrogens is 1. The third-order valence-corrected chi connectivity index (χ3v) is 9.47. The summed E-state index contributed by atoms with van der Waals surface area (Å²) in [6, 6.07) is 8.09. The Morgan fingerprint density at radius 2 is 1.93 bits per heavy atom. The Morgan fingerprint density at radius 3 is 2.52 bits per heavy atom. The van der Waals surface area contributed by atoms with Gasteiger partial charge in [0.15, 0.2) is 0 Å². The van der Waals surface area contributed by atoms with E-state index in [1.165, 1.54) is 24.8 Å². The monoisotopic (exact) mass is 597 g/mol. The van der Waals surface area contributed by atoms with Crippen molar-refractivity contribution in [3.63, 3.8) is 0 Å². The molecule has 1 N–H and O–H groups in total. The summed E-state index contributed by atoms with van der Waals surface area (Å²) in [7, 11) is 1.63. The van der Waals surface area contributed by atoms with Crippen LogP contribution in [0, 0.1) is 11.3 Å².